The van der Waals surface area contributed by atoms with E-state index in [9.17, 15) is 14.7 Å². The van der Waals surface area contributed by atoms with Crippen LogP contribution in [0.4, 0.5) is 0 Å². The summed E-state index contributed by atoms with van der Waals surface area (Å²) >= 11 is 3.07. The highest BCUT2D eigenvalue weighted by Gasteiger charge is 2.12. The van der Waals surface area contributed by atoms with Crippen LogP contribution in [-0.2, 0) is 4.79 Å². The van der Waals surface area contributed by atoms with Gasteiger partial charge in [-0.1, -0.05) is 12.1 Å². The second-order valence-corrected chi connectivity index (χ2v) is 5.92. The Balaban J connectivity index is 2.16. The van der Waals surface area contributed by atoms with Crippen molar-refractivity contribution < 1.29 is 23.8 Å². The van der Waals surface area contributed by atoms with E-state index in [-0.39, 0.29) is 17.6 Å². The van der Waals surface area contributed by atoms with Crippen molar-refractivity contribution in [1.82, 2.24) is 5.32 Å². The maximum atomic E-state index is 12.0. The summed E-state index contributed by atoms with van der Waals surface area (Å²) in [6.45, 7) is 3.81. The van der Waals surface area contributed by atoms with Crippen LogP contribution >= 0.6 is 15.9 Å². The zero-order chi connectivity index (χ0) is 17.7. The van der Waals surface area contributed by atoms with Gasteiger partial charge in [-0.05, 0) is 65.7 Å². The first-order chi connectivity index (χ1) is 11.3. The Morgan fingerprint density at radius 3 is 2.38 bits per heavy atom. The van der Waals surface area contributed by atoms with E-state index in [1.165, 1.54) is 18.2 Å². The van der Waals surface area contributed by atoms with Gasteiger partial charge in [0.05, 0.1) is 17.8 Å². The van der Waals surface area contributed by atoms with E-state index in [0.29, 0.717) is 16.0 Å². The largest absolute Gasteiger partial charge is 0.543 e. The predicted molar refractivity (Wildman–Crippen MR) is 89.1 cm³/mol. The van der Waals surface area contributed by atoms with Gasteiger partial charge in [0.1, 0.15) is 5.75 Å². The third kappa shape index (κ3) is 4.99. The minimum Gasteiger partial charge on any atom is -0.543 e. The van der Waals surface area contributed by atoms with E-state index in [1.807, 2.05) is 13.8 Å². The number of rotatable bonds is 6. The van der Waals surface area contributed by atoms with Crippen LogP contribution in [0.15, 0.2) is 51.2 Å². The molecule has 0 aliphatic rings. The summed E-state index contributed by atoms with van der Waals surface area (Å²) in [5, 5.41) is 13.5. The molecule has 1 aromatic heterocycles. The summed E-state index contributed by atoms with van der Waals surface area (Å²) in [6, 6.07) is 9.73. The number of carbonyl (C=O) groups excluding carboxylic acids is 2. The topological polar surface area (TPSA) is 91.6 Å². The van der Waals surface area contributed by atoms with Gasteiger partial charge in [0, 0.05) is 0 Å². The molecule has 2 rings (SSSR count). The summed E-state index contributed by atoms with van der Waals surface area (Å²) < 4.78 is 11.0. The van der Waals surface area contributed by atoms with Gasteiger partial charge in [-0.2, -0.15) is 0 Å². The molecule has 126 valence electrons. The van der Waals surface area contributed by atoms with Gasteiger partial charge < -0.3 is 24.4 Å². The molecular formula is C17H15BrNO5-. The lowest BCUT2D eigenvalue weighted by Gasteiger charge is -2.11. The minimum atomic E-state index is -1.50. The lowest BCUT2D eigenvalue weighted by atomic mass is 10.2. The van der Waals surface area contributed by atoms with Gasteiger partial charge in [0.15, 0.2) is 10.4 Å². The maximum absolute atomic E-state index is 12.0. The number of hydrogen-bond donors (Lipinski definition) is 1. The zero-order valence-electron chi connectivity index (χ0n) is 13.0. The molecule has 1 heterocycles. The molecule has 1 N–H and O–H groups in total. The number of furan rings is 1. The zero-order valence-corrected chi connectivity index (χ0v) is 14.6. The molecule has 0 bridgehead atoms. The second-order valence-electron chi connectivity index (χ2n) is 5.14. The monoisotopic (exact) mass is 392 g/mol. The molecule has 0 saturated heterocycles. The molecule has 2 aromatic rings. The number of carboxylic acids is 1. The van der Waals surface area contributed by atoms with Crippen LogP contribution in [0, 0.1) is 0 Å². The maximum Gasteiger partial charge on any atom is 0.291 e. The van der Waals surface area contributed by atoms with E-state index in [1.54, 1.807) is 24.3 Å². The summed E-state index contributed by atoms with van der Waals surface area (Å²) in [6.07, 6.45) is 1.33. The lowest BCUT2D eigenvalue weighted by molar-refractivity contribution is -0.299. The first kappa shape index (κ1) is 17.8. The third-order valence-corrected chi connectivity index (χ3v) is 3.25. The Hall–Kier alpha value is -2.54. The molecule has 7 heteroatoms. The number of carboxylic acid groups (broad SMARTS) is 1. The van der Waals surface area contributed by atoms with E-state index >= 15 is 0 Å². The van der Waals surface area contributed by atoms with Gasteiger partial charge in [-0.25, -0.2) is 0 Å². The summed E-state index contributed by atoms with van der Waals surface area (Å²) in [4.78, 5) is 23.2. The molecule has 0 aliphatic heterocycles. The predicted octanol–water partition coefficient (Wildman–Crippen LogP) is 2.35. The minimum absolute atomic E-state index is 0.0188. The quantitative estimate of drug-likeness (QED) is 0.761. The number of benzene rings is 1. The van der Waals surface area contributed by atoms with Gasteiger partial charge in [-0.3, -0.25) is 4.79 Å². The van der Waals surface area contributed by atoms with Crippen LogP contribution in [0.2, 0.25) is 0 Å². The van der Waals surface area contributed by atoms with Crippen LogP contribution in [0.1, 0.15) is 30.0 Å². The van der Waals surface area contributed by atoms with Gasteiger partial charge in [0.25, 0.3) is 5.91 Å². The molecule has 0 atom stereocenters. The highest BCUT2D eigenvalue weighted by atomic mass is 79.9. The van der Waals surface area contributed by atoms with Crippen molar-refractivity contribution >= 4 is 33.9 Å². The normalized spacial score (nSPS) is 11.4. The number of halogens is 1. The first-order valence-electron chi connectivity index (χ1n) is 7.11. The van der Waals surface area contributed by atoms with Gasteiger partial charge in [0.2, 0.25) is 0 Å². The highest BCUT2D eigenvalue weighted by Crippen LogP contribution is 2.16. The van der Waals surface area contributed by atoms with E-state index in [0.717, 1.165) is 0 Å². The number of ether oxygens (including phenoxy) is 1. The number of nitrogens with one attached hydrogen (secondary N) is 1. The fourth-order valence-corrected chi connectivity index (χ4v) is 2.15. The summed E-state index contributed by atoms with van der Waals surface area (Å²) in [5.74, 6) is -1.54. The van der Waals surface area contributed by atoms with Crippen molar-refractivity contribution in [2.75, 3.05) is 0 Å². The van der Waals surface area contributed by atoms with Crippen molar-refractivity contribution in [2.45, 2.75) is 20.0 Å². The average molecular weight is 393 g/mol. The Labute approximate surface area is 147 Å². The van der Waals surface area contributed by atoms with Crippen LogP contribution in [0.3, 0.4) is 0 Å². The highest BCUT2D eigenvalue weighted by molar-refractivity contribution is 9.10. The number of amides is 1. The van der Waals surface area contributed by atoms with Crippen LogP contribution in [0.5, 0.6) is 5.75 Å². The molecule has 0 saturated carbocycles. The Morgan fingerprint density at radius 2 is 1.88 bits per heavy atom. The van der Waals surface area contributed by atoms with E-state index < -0.39 is 11.9 Å². The molecular weight excluding hydrogens is 378 g/mol. The number of hydrogen-bond acceptors (Lipinski definition) is 5. The van der Waals surface area contributed by atoms with Crippen molar-refractivity contribution in [3.8, 4) is 5.75 Å². The molecule has 1 amide bonds. The molecule has 24 heavy (non-hydrogen) atoms. The van der Waals surface area contributed by atoms with Gasteiger partial charge >= 0.3 is 0 Å². The molecule has 1 aromatic carbocycles. The average Bonchev–Trinajstić information content (AvgIpc) is 2.94. The summed E-state index contributed by atoms with van der Waals surface area (Å²) in [5.41, 5.74) is 0.205. The third-order valence-electron chi connectivity index (χ3n) is 2.83. The second kappa shape index (κ2) is 7.83. The fraction of sp³-hybridized carbons (Fsp3) is 0.176. The molecule has 0 radical (unpaired) electrons. The smallest absolute Gasteiger partial charge is 0.291 e. The van der Waals surface area contributed by atoms with Crippen molar-refractivity contribution in [1.29, 1.82) is 0 Å². The SMILES string of the molecule is CC(C)Oc1ccc(/C=C(\NC(=O)c2ccc(Br)o2)C(=O)[O-])cc1. The van der Waals surface area contributed by atoms with E-state index in [2.05, 4.69) is 21.2 Å². The van der Waals surface area contributed by atoms with Crippen LogP contribution < -0.4 is 15.2 Å². The molecule has 6 nitrogen and oxygen atoms in total. The van der Waals surface area contributed by atoms with E-state index in [4.69, 9.17) is 9.15 Å². The van der Waals surface area contributed by atoms with Crippen LogP contribution in [-0.4, -0.2) is 18.0 Å². The fourth-order valence-electron chi connectivity index (χ4n) is 1.85. The lowest BCUT2D eigenvalue weighted by Crippen LogP contribution is -2.35. The summed E-state index contributed by atoms with van der Waals surface area (Å²) in [7, 11) is 0. The Kier molecular flexibility index (Phi) is 5.81. The van der Waals surface area contributed by atoms with Crippen LogP contribution in [0.25, 0.3) is 6.08 Å². The molecule has 0 aliphatic carbocycles. The first-order valence-corrected chi connectivity index (χ1v) is 7.91. The van der Waals surface area contributed by atoms with Gasteiger partial charge in [-0.15, -0.1) is 0 Å². The standard InChI is InChI=1S/C17H16BrNO5/c1-10(2)23-12-5-3-11(4-6-12)9-13(17(21)22)19-16(20)14-7-8-15(18)24-14/h3-10H,1-2H3,(H,19,20)(H,21,22)/p-1/b13-9-. The van der Waals surface area contributed by atoms with Crippen molar-refractivity contribution in [3.05, 3.63) is 58.1 Å². The Bertz CT molecular complexity index is 762. The van der Waals surface area contributed by atoms with Crippen molar-refractivity contribution in [2.24, 2.45) is 0 Å². The molecule has 0 fully saturated rings. The number of carbonyl (C=O) groups is 2. The molecule has 0 unspecified atom stereocenters. The number of aliphatic carboxylic acids is 1. The molecule has 0 spiro atoms. The van der Waals surface area contributed by atoms with Crippen molar-refractivity contribution in [3.63, 3.8) is 0 Å². The Morgan fingerprint density at radius 1 is 1.21 bits per heavy atom.